The molecular formula is C14H19NO2. The molecule has 0 unspecified atom stereocenters. The fraction of sp³-hybridized carbons (Fsp3) is 0.500. The Morgan fingerprint density at radius 3 is 2.65 bits per heavy atom. The largest absolute Gasteiger partial charge is 0.496 e. The van der Waals surface area contributed by atoms with Gasteiger partial charge in [0.05, 0.1) is 12.6 Å². The van der Waals surface area contributed by atoms with Gasteiger partial charge >= 0.3 is 0 Å². The summed E-state index contributed by atoms with van der Waals surface area (Å²) in [6, 6.07) is 6.04. The maximum atomic E-state index is 10.5. The number of hydrogen-bond donors (Lipinski definition) is 0. The van der Waals surface area contributed by atoms with Crippen molar-refractivity contribution in [3.8, 4) is 5.75 Å². The van der Waals surface area contributed by atoms with Gasteiger partial charge in [0.2, 0.25) is 6.08 Å². The standard InChI is InChI=1S/C14H19NO2/c1-5-6-11-7-8-13(17-4)12(9-11)14(2,3)15-10-16/h7-9H,5-6H2,1-4H3. The molecule has 0 heterocycles. The SMILES string of the molecule is CCCc1ccc(OC)c(C(C)(C)N=C=O)c1. The minimum absolute atomic E-state index is 0.600. The second-order valence-electron chi connectivity index (χ2n) is 4.55. The maximum Gasteiger partial charge on any atom is 0.235 e. The van der Waals surface area contributed by atoms with E-state index in [1.165, 1.54) is 5.56 Å². The Hall–Kier alpha value is -1.60. The van der Waals surface area contributed by atoms with E-state index in [9.17, 15) is 4.79 Å². The molecule has 1 rings (SSSR count). The van der Waals surface area contributed by atoms with Crippen LogP contribution >= 0.6 is 0 Å². The number of ether oxygens (including phenoxy) is 1. The van der Waals surface area contributed by atoms with Gasteiger partial charge in [0.15, 0.2) is 0 Å². The molecule has 0 saturated carbocycles. The molecule has 0 amide bonds. The van der Waals surface area contributed by atoms with Crippen LogP contribution in [0, 0.1) is 0 Å². The summed E-state index contributed by atoms with van der Waals surface area (Å²) in [7, 11) is 1.62. The predicted octanol–water partition coefficient (Wildman–Crippen LogP) is 3.22. The number of rotatable bonds is 5. The molecule has 1 aromatic rings. The van der Waals surface area contributed by atoms with Crippen LogP contribution in [0.15, 0.2) is 23.2 Å². The highest BCUT2D eigenvalue weighted by Gasteiger charge is 2.24. The Morgan fingerprint density at radius 2 is 2.12 bits per heavy atom. The minimum Gasteiger partial charge on any atom is -0.496 e. The summed E-state index contributed by atoms with van der Waals surface area (Å²) < 4.78 is 5.32. The van der Waals surface area contributed by atoms with Crippen LogP contribution in [0.3, 0.4) is 0 Å². The Balaban J connectivity index is 3.27. The van der Waals surface area contributed by atoms with Crippen molar-refractivity contribution in [2.75, 3.05) is 7.11 Å². The smallest absolute Gasteiger partial charge is 0.235 e. The summed E-state index contributed by atoms with van der Waals surface area (Å²) in [6.07, 6.45) is 3.73. The summed E-state index contributed by atoms with van der Waals surface area (Å²) >= 11 is 0. The van der Waals surface area contributed by atoms with E-state index < -0.39 is 5.54 Å². The number of benzene rings is 1. The van der Waals surface area contributed by atoms with Crippen molar-refractivity contribution in [2.24, 2.45) is 4.99 Å². The molecule has 0 aliphatic rings. The van der Waals surface area contributed by atoms with Crippen LogP contribution in [0.1, 0.15) is 38.3 Å². The van der Waals surface area contributed by atoms with Crippen LogP contribution in [0.4, 0.5) is 0 Å². The molecule has 0 aromatic heterocycles. The van der Waals surface area contributed by atoms with Crippen LogP contribution < -0.4 is 4.74 Å². The van der Waals surface area contributed by atoms with Crippen LogP contribution in [0.25, 0.3) is 0 Å². The summed E-state index contributed by atoms with van der Waals surface area (Å²) in [4.78, 5) is 14.3. The van der Waals surface area contributed by atoms with Crippen LogP contribution in [0.5, 0.6) is 5.75 Å². The Morgan fingerprint density at radius 1 is 1.41 bits per heavy atom. The van der Waals surface area contributed by atoms with E-state index in [1.54, 1.807) is 13.2 Å². The number of aliphatic imine (C=N–C) groups is 1. The lowest BCUT2D eigenvalue weighted by atomic mass is 9.91. The number of isocyanates is 1. The normalized spacial score (nSPS) is 10.8. The van der Waals surface area contributed by atoms with E-state index in [2.05, 4.69) is 18.0 Å². The zero-order valence-electron chi connectivity index (χ0n) is 10.9. The lowest BCUT2D eigenvalue weighted by Crippen LogP contribution is -2.15. The molecule has 0 fully saturated rings. The number of methoxy groups -OCH3 is 1. The average molecular weight is 233 g/mol. The van der Waals surface area contributed by atoms with Gasteiger partial charge in [-0.3, -0.25) is 0 Å². The summed E-state index contributed by atoms with van der Waals surface area (Å²) in [5.41, 5.74) is 1.56. The van der Waals surface area contributed by atoms with Gasteiger partial charge in [-0.2, -0.15) is 4.99 Å². The van der Waals surface area contributed by atoms with Crippen molar-refractivity contribution >= 4 is 6.08 Å². The molecule has 0 bridgehead atoms. The van der Waals surface area contributed by atoms with Gasteiger partial charge in [0.25, 0.3) is 0 Å². The van der Waals surface area contributed by atoms with E-state index in [0.29, 0.717) is 0 Å². The van der Waals surface area contributed by atoms with Gasteiger partial charge in [0.1, 0.15) is 5.75 Å². The van der Waals surface area contributed by atoms with Gasteiger partial charge in [-0.05, 0) is 38.0 Å². The minimum atomic E-state index is -0.600. The first-order valence-electron chi connectivity index (χ1n) is 5.81. The highest BCUT2D eigenvalue weighted by molar-refractivity contribution is 5.45. The Bertz CT molecular complexity index is 432. The summed E-state index contributed by atoms with van der Waals surface area (Å²) in [5, 5.41) is 0. The number of aryl methyl sites for hydroxylation is 1. The molecular weight excluding hydrogens is 214 g/mol. The third-order valence-corrected chi connectivity index (χ3v) is 2.79. The average Bonchev–Trinajstić information content (AvgIpc) is 2.29. The first-order chi connectivity index (χ1) is 8.05. The number of hydrogen-bond acceptors (Lipinski definition) is 3. The van der Waals surface area contributed by atoms with E-state index in [-0.39, 0.29) is 0 Å². The molecule has 0 saturated heterocycles. The number of nitrogens with zero attached hydrogens (tertiary/aromatic N) is 1. The number of carbonyl (C=O) groups excluding carboxylic acids is 1. The van der Waals surface area contributed by atoms with E-state index in [4.69, 9.17) is 4.74 Å². The first-order valence-corrected chi connectivity index (χ1v) is 5.81. The monoisotopic (exact) mass is 233 g/mol. The Kier molecular flexibility index (Phi) is 4.47. The molecule has 0 aliphatic carbocycles. The molecule has 3 nitrogen and oxygen atoms in total. The lowest BCUT2D eigenvalue weighted by Gasteiger charge is -2.21. The zero-order valence-corrected chi connectivity index (χ0v) is 10.9. The fourth-order valence-electron chi connectivity index (χ4n) is 1.85. The van der Waals surface area contributed by atoms with Gasteiger partial charge in [-0.25, -0.2) is 4.79 Å². The lowest BCUT2D eigenvalue weighted by molar-refractivity contribution is 0.394. The molecule has 3 heteroatoms. The summed E-state index contributed by atoms with van der Waals surface area (Å²) in [6.45, 7) is 5.90. The molecule has 0 spiro atoms. The van der Waals surface area contributed by atoms with Crippen molar-refractivity contribution in [2.45, 2.75) is 39.2 Å². The molecule has 0 N–H and O–H groups in total. The molecule has 1 aromatic carbocycles. The van der Waals surface area contributed by atoms with Crippen LogP contribution in [0.2, 0.25) is 0 Å². The summed E-state index contributed by atoms with van der Waals surface area (Å²) in [5.74, 6) is 0.758. The third kappa shape index (κ3) is 3.18. The fourth-order valence-corrected chi connectivity index (χ4v) is 1.85. The molecule has 0 radical (unpaired) electrons. The maximum absolute atomic E-state index is 10.5. The topological polar surface area (TPSA) is 38.7 Å². The van der Waals surface area contributed by atoms with Crippen molar-refractivity contribution in [3.63, 3.8) is 0 Å². The van der Waals surface area contributed by atoms with Crippen molar-refractivity contribution in [1.82, 2.24) is 0 Å². The van der Waals surface area contributed by atoms with Crippen LogP contribution in [-0.2, 0) is 16.8 Å². The van der Waals surface area contributed by atoms with Gasteiger partial charge < -0.3 is 4.74 Å². The van der Waals surface area contributed by atoms with Crippen molar-refractivity contribution < 1.29 is 9.53 Å². The van der Waals surface area contributed by atoms with Crippen molar-refractivity contribution in [3.05, 3.63) is 29.3 Å². The highest BCUT2D eigenvalue weighted by Crippen LogP contribution is 2.33. The quantitative estimate of drug-likeness (QED) is 0.578. The molecule has 92 valence electrons. The first kappa shape index (κ1) is 13.5. The van der Waals surface area contributed by atoms with Gasteiger partial charge in [0, 0.05) is 5.56 Å². The molecule has 0 atom stereocenters. The Labute approximate surface area is 103 Å². The van der Waals surface area contributed by atoms with E-state index in [0.717, 1.165) is 24.2 Å². The van der Waals surface area contributed by atoms with Crippen LogP contribution in [-0.4, -0.2) is 13.2 Å². The predicted molar refractivity (Wildman–Crippen MR) is 68.1 cm³/mol. The highest BCUT2D eigenvalue weighted by atomic mass is 16.5. The van der Waals surface area contributed by atoms with Crippen molar-refractivity contribution in [1.29, 1.82) is 0 Å². The van der Waals surface area contributed by atoms with E-state index in [1.807, 2.05) is 26.0 Å². The van der Waals surface area contributed by atoms with E-state index >= 15 is 0 Å². The second kappa shape index (κ2) is 5.65. The zero-order chi connectivity index (χ0) is 12.9. The third-order valence-electron chi connectivity index (χ3n) is 2.79. The second-order valence-corrected chi connectivity index (χ2v) is 4.55. The molecule has 0 aliphatic heterocycles. The molecule has 17 heavy (non-hydrogen) atoms. The van der Waals surface area contributed by atoms with Gasteiger partial charge in [-0.15, -0.1) is 0 Å². The van der Waals surface area contributed by atoms with Gasteiger partial charge in [-0.1, -0.05) is 19.4 Å².